The summed E-state index contributed by atoms with van der Waals surface area (Å²) in [4.78, 5) is 34.2. The van der Waals surface area contributed by atoms with E-state index in [0.29, 0.717) is 37.8 Å². The molecule has 2 aliphatic heterocycles. The number of imide groups is 1. The molecule has 4 rings (SSSR count). The molecule has 11 heteroatoms. The fraction of sp³-hybridized carbons (Fsp3) is 0.263. The van der Waals surface area contributed by atoms with E-state index in [1.807, 2.05) is 11.8 Å². The second kappa shape index (κ2) is 8.17. The van der Waals surface area contributed by atoms with Gasteiger partial charge in [-0.1, -0.05) is 17.7 Å². The number of carbonyl (C=O) groups excluding carboxylic acids is 2. The number of hydrogen-bond acceptors (Lipinski definition) is 8. The molecular formula is C19H19N5O4S2. The topological polar surface area (TPSA) is 113 Å². The van der Waals surface area contributed by atoms with Gasteiger partial charge in [-0.3, -0.25) is 14.9 Å². The lowest BCUT2D eigenvalue weighted by Gasteiger charge is -2.34. The average Bonchev–Trinajstić information content (AvgIpc) is 3.05. The van der Waals surface area contributed by atoms with Crippen LogP contribution in [0.15, 0.2) is 46.3 Å². The fourth-order valence-corrected chi connectivity index (χ4v) is 5.23. The van der Waals surface area contributed by atoms with Gasteiger partial charge in [0.15, 0.2) is 0 Å². The highest BCUT2D eigenvalue weighted by molar-refractivity contribution is 8.18. The number of nitrogens with one attached hydrogen (secondary N) is 1. The van der Waals surface area contributed by atoms with Crippen LogP contribution < -0.4 is 10.2 Å². The number of nitrogens with zero attached hydrogens (tertiary/aromatic N) is 4. The number of benzene rings is 1. The molecule has 0 aliphatic carbocycles. The van der Waals surface area contributed by atoms with Gasteiger partial charge in [0.1, 0.15) is 0 Å². The van der Waals surface area contributed by atoms with E-state index in [1.54, 1.807) is 36.5 Å². The van der Waals surface area contributed by atoms with Crippen molar-refractivity contribution in [2.75, 3.05) is 31.1 Å². The second-order valence-electron chi connectivity index (χ2n) is 6.84. The Morgan fingerprint density at radius 1 is 1.07 bits per heavy atom. The molecule has 1 N–H and O–H groups in total. The monoisotopic (exact) mass is 445 g/mol. The number of aryl methyl sites for hydroxylation is 1. The molecule has 0 saturated carbocycles. The van der Waals surface area contributed by atoms with Gasteiger partial charge in [0.25, 0.3) is 11.1 Å². The van der Waals surface area contributed by atoms with E-state index in [4.69, 9.17) is 0 Å². The van der Waals surface area contributed by atoms with Crippen molar-refractivity contribution < 1.29 is 18.0 Å². The Hall–Kier alpha value is -2.76. The van der Waals surface area contributed by atoms with Crippen LogP contribution in [0.4, 0.5) is 10.7 Å². The number of aromatic nitrogens is 2. The van der Waals surface area contributed by atoms with Crippen LogP contribution in [0, 0.1) is 6.92 Å². The molecule has 3 heterocycles. The highest BCUT2D eigenvalue weighted by atomic mass is 32.2. The molecule has 2 saturated heterocycles. The van der Waals surface area contributed by atoms with Crippen molar-refractivity contribution in [3.63, 3.8) is 0 Å². The largest absolute Gasteiger partial charge is 0.338 e. The summed E-state index contributed by atoms with van der Waals surface area (Å²) < 4.78 is 27.2. The predicted molar refractivity (Wildman–Crippen MR) is 113 cm³/mol. The third kappa shape index (κ3) is 4.23. The number of anilines is 1. The number of amides is 2. The van der Waals surface area contributed by atoms with Crippen molar-refractivity contribution in [1.82, 2.24) is 19.6 Å². The molecule has 0 spiro atoms. The Labute approximate surface area is 178 Å². The summed E-state index contributed by atoms with van der Waals surface area (Å²) in [7, 11) is -3.54. The average molecular weight is 446 g/mol. The minimum absolute atomic E-state index is 0.277. The van der Waals surface area contributed by atoms with Crippen molar-refractivity contribution in [3.05, 3.63) is 52.7 Å². The van der Waals surface area contributed by atoms with Crippen LogP contribution in [0.2, 0.25) is 0 Å². The lowest BCUT2D eigenvalue weighted by molar-refractivity contribution is -0.115. The first kappa shape index (κ1) is 20.5. The maximum absolute atomic E-state index is 12.8. The molecule has 156 valence electrons. The Morgan fingerprint density at radius 2 is 1.77 bits per heavy atom. The first-order valence-corrected chi connectivity index (χ1v) is 11.5. The van der Waals surface area contributed by atoms with Crippen molar-refractivity contribution in [2.45, 2.75) is 11.8 Å². The summed E-state index contributed by atoms with van der Waals surface area (Å²) >= 11 is 0.826. The van der Waals surface area contributed by atoms with Gasteiger partial charge < -0.3 is 4.90 Å². The number of hydrogen-bond donors (Lipinski definition) is 1. The van der Waals surface area contributed by atoms with Crippen LogP contribution in [-0.4, -0.2) is 60.0 Å². The molecule has 2 amide bonds. The summed E-state index contributed by atoms with van der Waals surface area (Å²) in [6.07, 6.45) is 3.11. The number of carbonyl (C=O) groups is 2. The van der Waals surface area contributed by atoms with E-state index < -0.39 is 21.2 Å². The van der Waals surface area contributed by atoms with Gasteiger partial charge in [-0.2, -0.15) is 4.31 Å². The molecule has 1 aromatic carbocycles. The van der Waals surface area contributed by atoms with Gasteiger partial charge in [-0.05, 0) is 43.0 Å². The lowest BCUT2D eigenvalue weighted by Crippen LogP contribution is -2.49. The van der Waals surface area contributed by atoms with Crippen LogP contribution in [0.3, 0.4) is 0 Å². The zero-order chi connectivity index (χ0) is 21.3. The third-order valence-corrected chi connectivity index (χ3v) is 7.49. The third-order valence-electron chi connectivity index (χ3n) is 4.77. The highest BCUT2D eigenvalue weighted by Crippen LogP contribution is 2.25. The minimum Gasteiger partial charge on any atom is -0.338 e. The summed E-state index contributed by atoms with van der Waals surface area (Å²) in [6.45, 7) is 3.43. The number of sulfonamides is 1. The van der Waals surface area contributed by atoms with Crippen molar-refractivity contribution >= 4 is 45.0 Å². The molecule has 1 aromatic heterocycles. The van der Waals surface area contributed by atoms with Crippen molar-refractivity contribution in [3.8, 4) is 0 Å². The maximum atomic E-state index is 12.8. The molecular weight excluding hydrogens is 426 g/mol. The molecule has 30 heavy (non-hydrogen) atoms. The normalized spacial score (nSPS) is 19.4. The second-order valence-corrected chi connectivity index (χ2v) is 9.79. The van der Waals surface area contributed by atoms with Gasteiger partial charge in [0, 0.05) is 32.4 Å². The van der Waals surface area contributed by atoms with E-state index in [1.165, 1.54) is 10.4 Å². The molecule has 2 fully saturated rings. The Bertz CT molecular complexity index is 1120. The van der Waals surface area contributed by atoms with Gasteiger partial charge in [0.2, 0.25) is 16.0 Å². The minimum atomic E-state index is -3.54. The van der Waals surface area contributed by atoms with E-state index >= 15 is 0 Å². The molecule has 2 aromatic rings. The summed E-state index contributed by atoms with van der Waals surface area (Å²) in [5.74, 6) is 0.00607. The Kier molecular flexibility index (Phi) is 5.58. The van der Waals surface area contributed by atoms with E-state index in [0.717, 1.165) is 17.3 Å². The summed E-state index contributed by atoms with van der Waals surface area (Å²) in [6, 6.07) is 8.46. The summed E-state index contributed by atoms with van der Waals surface area (Å²) in [5, 5.41) is 1.79. The van der Waals surface area contributed by atoms with E-state index in [9.17, 15) is 18.0 Å². The van der Waals surface area contributed by atoms with Crippen LogP contribution in [0.25, 0.3) is 6.08 Å². The molecule has 0 radical (unpaired) electrons. The lowest BCUT2D eigenvalue weighted by atomic mass is 10.2. The first-order chi connectivity index (χ1) is 14.3. The molecule has 0 atom stereocenters. The Balaban J connectivity index is 1.46. The fourth-order valence-electron chi connectivity index (χ4n) is 3.14. The van der Waals surface area contributed by atoms with Crippen LogP contribution in [0.5, 0.6) is 0 Å². The smallest absolute Gasteiger partial charge is 0.290 e. The van der Waals surface area contributed by atoms with Crippen LogP contribution >= 0.6 is 11.8 Å². The zero-order valence-corrected chi connectivity index (χ0v) is 17.7. The van der Waals surface area contributed by atoms with Gasteiger partial charge >= 0.3 is 0 Å². The van der Waals surface area contributed by atoms with Crippen molar-refractivity contribution in [1.29, 1.82) is 0 Å². The van der Waals surface area contributed by atoms with Gasteiger partial charge in [0.05, 0.1) is 15.5 Å². The van der Waals surface area contributed by atoms with Gasteiger partial charge in [-0.15, -0.1) is 0 Å². The molecule has 0 unspecified atom stereocenters. The molecule has 9 nitrogen and oxygen atoms in total. The van der Waals surface area contributed by atoms with Crippen LogP contribution in [0.1, 0.15) is 11.3 Å². The summed E-state index contributed by atoms with van der Waals surface area (Å²) in [5.41, 5.74) is 1.51. The van der Waals surface area contributed by atoms with Crippen LogP contribution in [-0.2, 0) is 14.8 Å². The molecule has 0 bridgehead atoms. The standard InChI is InChI=1S/C19H19N5O4S2/c1-13-2-4-15(5-3-13)30(27,28)24-10-8-23(9-11-24)18-20-7-6-14(21-18)12-16-17(25)22-19(26)29-16/h2-7,12H,8-11H2,1H3,(H,22,25,26)/b16-12-. The molecule has 2 aliphatic rings. The van der Waals surface area contributed by atoms with Gasteiger partial charge in [-0.25, -0.2) is 18.4 Å². The number of thioether (sulfide) groups is 1. The zero-order valence-electron chi connectivity index (χ0n) is 16.1. The predicted octanol–water partition coefficient (Wildman–Crippen LogP) is 1.62. The number of piperazine rings is 1. The Morgan fingerprint density at radius 3 is 2.40 bits per heavy atom. The van der Waals surface area contributed by atoms with Crippen molar-refractivity contribution in [2.24, 2.45) is 0 Å². The number of rotatable bonds is 4. The maximum Gasteiger partial charge on any atom is 0.290 e. The first-order valence-electron chi connectivity index (χ1n) is 9.22. The van der Waals surface area contributed by atoms with E-state index in [-0.39, 0.29) is 9.80 Å². The van der Waals surface area contributed by atoms with E-state index in [2.05, 4.69) is 15.3 Å². The SMILES string of the molecule is Cc1ccc(S(=O)(=O)N2CCN(c3nccc(/C=C4\SC(=O)NC4=O)n3)CC2)cc1. The highest BCUT2D eigenvalue weighted by Gasteiger charge is 2.29. The quantitative estimate of drug-likeness (QED) is 0.707.